The molecule has 0 spiro atoms. The van der Waals surface area contributed by atoms with Crippen LogP contribution in [0.3, 0.4) is 0 Å². The normalized spacial score (nSPS) is 19.4. The summed E-state index contributed by atoms with van der Waals surface area (Å²) in [4.78, 5) is 9.12. The summed E-state index contributed by atoms with van der Waals surface area (Å²) >= 11 is 6.43. The summed E-state index contributed by atoms with van der Waals surface area (Å²) in [6, 6.07) is 11.1. The SMILES string of the molecule is COCC(C)NC1CCC(Nc2cc(-c3cccc(NCCC#N)n3)c(Cl)cn2)CC1. The molecule has 2 aromatic rings. The number of ether oxygens (including phenoxy) is 1. The van der Waals surface area contributed by atoms with Crippen LogP contribution in [-0.2, 0) is 4.74 Å². The van der Waals surface area contributed by atoms with Gasteiger partial charge in [-0.05, 0) is 50.8 Å². The number of aromatic nitrogens is 2. The Bertz CT molecular complexity index is 879. The summed E-state index contributed by atoms with van der Waals surface area (Å²) in [5, 5.41) is 19.6. The standard InChI is InChI=1S/C23H31ClN6O/c1-16(15-31-2)28-17-7-9-18(10-8-17)29-23-13-19(20(24)14-27-23)21-5-3-6-22(30-21)26-12-4-11-25/h3,5-6,13-14,16-18,28H,4,7-10,12,15H2,1-2H3,(H,26,30)(H,27,29). The van der Waals surface area contributed by atoms with Gasteiger partial charge in [0, 0.05) is 43.5 Å². The zero-order valence-corrected chi connectivity index (χ0v) is 19.0. The Labute approximate surface area is 189 Å². The van der Waals surface area contributed by atoms with E-state index in [0.29, 0.717) is 36.1 Å². The van der Waals surface area contributed by atoms with Crippen LogP contribution in [0.1, 0.15) is 39.0 Å². The second-order valence-electron chi connectivity index (χ2n) is 8.01. The quantitative estimate of drug-likeness (QED) is 0.467. The van der Waals surface area contributed by atoms with Crippen molar-refractivity contribution in [3.63, 3.8) is 0 Å². The van der Waals surface area contributed by atoms with Gasteiger partial charge >= 0.3 is 0 Å². The molecule has 8 heteroatoms. The first-order valence-electron chi connectivity index (χ1n) is 10.8. The molecule has 166 valence electrons. The maximum absolute atomic E-state index is 8.70. The van der Waals surface area contributed by atoms with E-state index in [9.17, 15) is 0 Å². The van der Waals surface area contributed by atoms with Crippen molar-refractivity contribution in [3.8, 4) is 17.3 Å². The molecule has 3 rings (SSSR count). The molecule has 0 aliphatic heterocycles. The fraction of sp³-hybridized carbons (Fsp3) is 0.522. The number of anilines is 2. The predicted molar refractivity (Wildman–Crippen MR) is 125 cm³/mol. The molecule has 1 atom stereocenters. The van der Waals surface area contributed by atoms with E-state index in [0.717, 1.165) is 55.2 Å². The lowest BCUT2D eigenvalue weighted by Gasteiger charge is -2.31. The molecular weight excluding hydrogens is 412 g/mol. The lowest BCUT2D eigenvalue weighted by molar-refractivity contribution is 0.161. The molecule has 0 radical (unpaired) electrons. The number of hydrogen-bond donors (Lipinski definition) is 3. The average molecular weight is 443 g/mol. The predicted octanol–water partition coefficient (Wildman–Crippen LogP) is 4.47. The van der Waals surface area contributed by atoms with Crippen LogP contribution < -0.4 is 16.0 Å². The van der Waals surface area contributed by atoms with Crippen LogP contribution in [0.2, 0.25) is 5.02 Å². The van der Waals surface area contributed by atoms with Crippen molar-refractivity contribution < 1.29 is 4.74 Å². The first kappa shape index (κ1) is 23.3. The van der Waals surface area contributed by atoms with Crippen molar-refractivity contribution in [2.75, 3.05) is 30.9 Å². The van der Waals surface area contributed by atoms with Gasteiger partial charge in [0.05, 0.1) is 29.8 Å². The number of pyridine rings is 2. The highest BCUT2D eigenvalue weighted by Gasteiger charge is 2.22. The van der Waals surface area contributed by atoms with E-state index in [2.05, 4.69) is 38.9 Å². The van der Waals surface area contributed by atoms with Gasteiger partial charge in [0.25, 0.3) is 0 Å². The van der Waals surface area contributed by atoms with E-state index < -0.39 is 0 Å². The minimum absolute atomic E-state index is 0.373. The number of methoxy groups -OCH3 is 1. The lowest BCUT2D eigenvalue weighted by Crippen LogP contribution is -2.42. The molecule has 31 heavy (non-hydrogen) atoms. The Morgan fingerprint density at radius 2 is 2.00 bits per heavy atom. The van der Waals surface area contributed by atoms with Crippen LogP contribution in [0.25, 0.3) is 11.3 Å². The van der Waals surface area contributed by atoms with Crippen molar-refractivity contribution in [1.29, 1.82) is 5.26 Å². The van der Waals surface area contributed by atoms with Crippen molar-refractivity contribution in [2.24, 2.45) is 0 Å². The number of hydrogen-bond acceptors (Lipinski definition) is 7. The Balaban J connectivity index is 1.61. The van der Waals surface area contributed by atoms with E-state index in [1.807, 2.05) is 24.3 Å². The van der Waals surface area contributed by atoms with E-state index in [1.165, 1.54) is 0 Å². The summed E-state index contributed by atoms with van der Waals surface area (Å²) in [5.41, 5.74) is 1.62. The molecule has 1 aliphatic carbocycles. The fourth-order valence-electron chi connectivity index (χ4n) is 3.96. The van der Waals surface area contributed by atoms with Crippen LogP contribution in [0.15, 0.2) is 30.5 Å². The van der Waals surface area contributed by atoms with Gasteiger partial charge < -0.3 is 20.7 Å². The number of nitrogens with one attached hydrogen (secondary N) is 3. The molecule has 7 nitrogen and oxygen atoms in total. The Morgan fingerprint density at radius 3 is 2.74 bits per heavy atom. The first-order valence-corrected chi connectivity index (χ1v) is 11.2. The number of halogens is 1. The minimum Gasteiger partial charge on any atom is -0.383 e. The molecule has 2 heterocycles. The zero-order valence-electron chi connectivity index (χ0n) is 18.2. The summed E-state index contributed by atoms with van der Waals surface area (Å²) in [6.45, 7) is 3.46. The van der Waals surface area contributed by atoms with Gasteiger partial charge in [-0.1, -0.05) is 17.7 Å². The van der Waals surface area contributed by atoms with E-state index in [-0.39, 0.29) is 0 Å². The summed E-state index contributed by atoms with van der Waals surface area (Å²) < 4.78 is 5.22. The van der Waals surface area contributed by atoms with Crippen molar-refractivity contribution in [3.05, 3.63) is 35.5 Å². The van der Waals surface area contributed by atoms with E-state index in [1.54, 1.807) is 13.3 Å². The molecule has 2 aromatic heterocycles. The van der Waals surface area contributed by atoms with Crippen molar-refractivity contribution in [2.45, 2.75) is 57.2 Å². The summed E-state index contributed by atoms with van der Waals surface area (Å²) in [5.74, 6) is 1.54. The molecule has 0 saturated heterocycles. The molecule has 0 amide bonds. The topological polar surface area (TPSA) is 94.9 Å². The Hall–Kier alpha value is -2.40. The fourth-order valence-corrected chi connectivity index (χ4v) is 4.16. The first-order chi connectivity index (χ1) is 15.1. The highest BCUT2D eigenvalue weighted by molar-refractivity contribution is 6.33. The molecule has 1 fully saturated rings. The zero-order chi connectivity index (χ0) is 22.1. The third kappa shape index (κ3) is 7.06. The molecule has 1 aliphatic rings. The van der Waals surface area contributed by atoms with Crippen LogP contribution in [0.4, 0.5) is 11.6 Å². The highest BCUT2D eigenvalue weighted by atomic mass is 35.5. The third-order valence-corrected chi connectivity index (χ3v) is 5.74. The summed E-state index contributed by atoms with van der Waals surface area (Å²) in [6.07, 6.45) is 6.55. The average Bonchev–Trinajstić information content (AvgIpc) is 2.77. The van der Waals surface area contributed by atoms with Gasteiger partial charge in [0.15, 0.2) is 0 Å². The van der Waals surface area contributed by atoms with Crippen LogP contribution >= 0.6 is 11.6 Å². The second kappa shape index (κ2) is 11.8. The third-order valence-electron chi connectivity index (χ3n) is 5.44. The number of rotatable bonds is 10. The smallest absolute Gasteiger partial charge is 0.126 e. The Kier molecular flexibility index (Phi) is 8.89. The second-order valence-corrected chi connectivity index (χ2v) is 8.42. The lowest BCUT2D eigenvalue weighted by atomic mass is 9.90. The van der Waals surface area contributed by atoms with E-state index >= 15 is 0 Å². The van der Waals surface area contributed by atoms with Crippen LogP contribution in [0, 0.1) is 11.3 Å². The molecule has 3 N–H and O–H groups in total. The molecular formula is C23H31ClN6O. The Morgan fingerprint density at radius 1 is 1.23 bits per heavy atom. The van der Waals surface area contributed by atoms with Crippen molar-refractivity contribution in [1.82, 2.24) is 15.3 Å². The largest absolute Gasteiger partial charge is 0.383 e. The van der Waals surface area contributed by atoms with Crippen LogP contribution in [-0.4, -0.2) is 48.4 Å². The maximum atomic E-state index is 8.70. The van der Waals surface area contributed by atoms with Crippen molar-refractivity contribution >= 4 is 23.2 Å². The molecule has 0 aromatic carbocycles. The maximum Gasteiger partial charge on any atom is 0.126 e. The van der Waals surface area contributed by atoms with Gasteiger partial charge in [-0.3, -0.25) is 0 Å². The van der Waals surface area contributed by atoms with Gasteiger partial charge in [-0.15, -0.1) is 0 Å². The van der Waals surface area contributed by atoms with Gasteiger partial charge in [-0.2, -0.15) is 5.26 Å². The van der Waals surface area contributed by atoms with E-state index in [4.69, 9.17) is 21.6 Å². The van der Waals surface area contributed by atoms with Gasteiger partial charge in [0.1, 0.15) is 11.6 Å². The number of nitrogens with zero attached hydrogens (tertiary/aromatic N) is 3. The van der Waals surface area contributed by atoms with Gasteiger partial charge in [0.2, 0.25) is 0 Å². The molecule has 1 saturated carbocycles. The summed E-state index contributed by atoms with van der Waals surface area (Å²) in [7, 11) is 1.74. The molecule has 0 bridgehead atoms. The van der Waals surface area contributed by atoms with Gasteiger partial charge in [-0.25, -0.2) is 9.97 Å². The monoisotopic (exact) mass is 442 g/mol. The number of nitriles is 1. The van der Waals surface area contributed by atoms with Crippen LogP contribution in [0.5, 0.6) is 0 Å². The minimum atomic E-state index is 0.373. The highest BCUT2D eigenvalue weighted by Crippen LogP contribution is 2.30. The molecule has 1 unspecified atom stereocenters.